The summed E-state index contributed by atoms with van der Waals surface area (Å²) in [5.41, 5.74) is -0.308. The first-order valence-electron chi connectivity index (χ1n) is 8.38. The molecule has 0 spiro atoms. The van der Waals surface area contributed by atoms with E-state index in [1.807, 2.05) is 0 Å². The lowest BCUT2D eigenvalue weighted by atomic mass is 10.1. The molecule has 1 aromatic carbocycles. The van der Waals surface area contributed by atoms with Crippen LogP contribution in [0.1, 0.15) is 28.8 Å². The lowest BCUT2D eigenvalue weighted by Gasteiger charge is -2.19. The Bertz CT molecular complexity index is 850. The van der Waals surface area contributed by atoms with Crippen LogP contribution in [-0.4, -0.2) is 40.5 Å². The molecular weight excluding hydrogens is 347 g/mol. The molecule has 1 aliphatic carbocycles. The van der Waals surface area contributed by atoms with Gasteiger partial charge in [0.2, 0.25) is 5.88 Å². The zero-order valence-electron chi connectivity index (χ0n) is 13.8. The first-order chi connectivity index (χ1) is 12.4. The van der Waals surface area contributed by atoms with E-state index in [1.54, 1.807) is 4.90 Å². The summed E-state index contributed by atoms with van der Waals surface area (Å²) < 4.78 is 44.3. The highest BCUT2D eigenvalue weighted by Crippen LogP contribution is 2.33. The smallest absolute Gasteiger partial charge is 0.416 e. The summed E-state index contributed by atoms with van der Waals surface area (Å²) in [5, 5.41) is 0. The van der Waals surface area contributed by atoms with E-state index in [0.717, 1.165) is 25.0 Å². The van der Waals surface area contributed by atoms with E-state index in [0.29, 0.717) is 25.6 Å². The molecule has 8 heteroatoms. The Morgan fingerprint density at radius 3 is 2.81 bits per heavy atom. The number of nitrogens with zero attached hydrogens (tertiary/aromatic N) is 3. The number of carbonyl (C=O) groups is 1. The van der Waals surface area contributed by atoms with Gasteiger partial charge in [-0.05, 0) is 30.9 Å². The van der Waals surface area contributed by atoms with E-state index in [1.165, 1.54) is 18.3 Å². The normalized spacial score (nSPS) is 17.5. The lowest BCUT2D eigenvalue weighted by molar-refractivity contribution is -0.137. The molecule has 1 saturated carbocycles. The van der Waals surface area contributed by atoms with Crippen molar-refractivity contribution in [3.05, 3.63) is 41.6 Å². The third-order valence-electron chi connectivity index (χ3n) is 4.50. The van der Waals surface area contributed by atoms with E-state index < -0.39 is 11.7 Å². The number of halogens is 3. The number of benzene rings is 1. The summed E-state index contributed by atoms with van der Waals surface area (Å²) in [6.45, 7) is 1.45. The molecule has 1 fully saturated rings. The molecule has 4 rings (SSSR count). The fraction of sp³-hybridized carbons (Fsp3) is 0.389. The zero-order chi connectivity index (χ0) is 18.3. The van der Waals surface area contributed by atoms with Crippen molar-refractivity contribution in [3.8, 4) is 17.3 Å². The molecule has 0 bridgehead atoms. The first-order valence-corrected chi connectivity index (χ1v) is 8.38. The third kappa shape index (κ3) is 3.36. The fourth-order valence-corrected chi connectivity index (χ4v) is 2.91. The highest BCUT2D eigenvalue weighted by atomic mass is 19.4. The quantitative estimate of drug-likeness (QED) is 0.839. The Hall–Kier alpha value is -2.64. The molecule has 0 atom stereocenters. The van der Waals surface area contributed by atoms with Crippen LogP contribution in [0.5, 0.6) is 5.88 Å². The van der Waals surface area contributed by atoms with Crippen molar-refractivity contribution >= 4 is 5.91 Å². The lowest BCUT2D eigenvalue weighted by Crippen LogP contribution is -2.34. The molecule has 1 aromatic heterocycles. The van der Waals surface area contributed by atoms with Gasteiger partial charge in [0.1, 0.15) is 12.2 Å². The summed E-state index contributed by atoms with van der Waals surface area (Å²) in [5.74, 6) is 0.569. The average molecular weight is 363 g/mol. The summed E-state index contributed by atoms with van der Waals surface area (Å²) >= 11 is 0. The van der Waals surface area contributed by atoms with Crippen LogP contribution in [-0.2, 0) is 6.18 Å². The van der Waals surface area contributed by atoms with Crippen molar-refractivity contribution in [1.82, 2.24) is 14.9 Å². The standard InChI is InChI=1S/C18H16F3N3O2/c19-18(20,21)13-3-1-2-12(8-13)15-22-9-14-16(23-15)26-7-6-24(17(14)25)10-11-4-5-11/h1-3,8-9,11H,4-7,10H2. The molecule has 0 unspecified atom stereocenters. The van der Waals surface area contributed by atoms with Crippen molar-refractivity contribution in [2.45, 2.75) is 19.0 Å². The van der Waals surface area contributed by atoms with Gasteiger partial charge >= 0.3 is 6.18 Å². The fourth-order valence-electron chi connectivity index (χ4n) is 2.91. The second kappa shape index (κ2) is 6.26. The largest absolute Gasteiger partial charge is 0.475 e. The topological polar surface area (TPSA) is 55.3 Å². The SMILES string of the molecule is O=C1c2cnc(-c3cccc(C(F)(F)F)c3)nc2OCCN1CC1CC1. The molecule has 5 nitrogen and oxygen atoms in total. The average Bonchev–Trinajstić information content (AvgIpc) is 3.44. The zero-order valence-corrected chi connectivity index (χ0v) is 13.8. The van der Waals surface area contributed by atoms with E-state index in [9.17, 15) is 18.0 Å². The van der Waals surface area contributed by atoms with Crippen molar-refractivity contribution in [3.63, 3.8) is 0 Å². The molecule has 1 amide bonds. The van der Waals surface area contributed by atoms with E-state index >= 15 is 0 Å². The molecule has 2 aliphatic rings. The van der Waals surface area contributed by atoms with Gasteiger partial charge < -0.3 is 9.64 Å². The van der Waals surface area contributed by atoms with Gasteiger partial charge in [0.25, 0.3) is 5.91 Å². The Labute approximate surface area is 147 Å². The molecule has 0 radical (unpaired) electrons. The van der Waals surface area contributed by atoms with E-state index in [4.69, 9.17) is 4.74 Å². The van der Waals surface area contributed by atoms with Crippen molar-refractivity contribution in [2.75, 3.05) is 19.7 Å². The monoisotopic (exact) mass is 363 g/mol. The minimum absolute atomic E-state index is 0.0956. The summed E-state index contributed by atoms with van der Waals surface area (Å²) in [6.07, 6.45) is -0.853. The van der Waals surface area contributed by atoms with Crippen LogP contribution in [0.3, 0.4) is 0 Å². The van der Waals surface area contributed by atoms with Gasteiger partial charge in [-0.15, -0.1) is 0 Å². The van der Waals surface area contributed by atoms with Crippen molar-refractivity contribution < 1.29 is 22.7 Å². The van der Waals surface area contributed by atoms with Crippen LogP contribution >= 0.6 is 0 Å². The molecule has 1 aliphatic heterocycles. The number of amides is 1. The predicted octanol–water partition coefficient (Wildman–Crippen LogP) is 3.41. The Kier molecular flexibility index (Phi) is 4.05. The number of alkyl halides is 3. The van der Waals surface area contributed by atoms with Crippen LogP contribution in [0.2, 0.25) is 0 Å². The van der Waals surface area contributed by atoms with Crippen LogP contribution < -0.4 is 4.74 Å². The van der Waals surface area contributed by atoms with Crippen LogP contribution in [0.4, 0.5) is 13.2 Å². The molecule has 0 N–H and O–H groups in total. The van der Waals surface area contributed by atoms with Gasteiger partial charge in [-0.2, -0.15) is 18.2 Å². The maximum absolute atomic E-state index is 12.9. The number of rotatable bonds is 3. The van der Waals surface area contributed by atoms with Crippen LogP contribution in [0.15, 0.2) is 30.5 Å². The number of carbonyl (C=O) groups excluding carboxylic acids is 1. The Morgan fingerprint density at radius 2 is 2.08 bits per heavy atom. The van der Waals surface area contributed by atoms with Gasteiger partial charge in [-0.25, -0.2) is 4.98 Å². The second-order valence-electron chi connectivity index (χ2n) is 6.53. The summed E-state index contributed by atoms with van der Waals surface area (Å²) in [6, 6.07) is 4.77. The van der Waals surface area contributed by atoms with Crippen molar-refractivity contribution in [1.29, 1.82) is 0 Å². The summed E-state index contributed by atoms with van der Waals surface area (Å²) in [7, 11) is 0. The van der Waals surface area contributed by atoms with Crippen molar-refractivity contribution in [2.24, 2.45) is 5.92 Å². The van der Waals surface area contributed by atoms with Gasteiger partial charge in [0, 0.05) is 18.3 Å². The maximum atomic E-state index is 12.9. The van der Waals surface area contributed by atoms with Crippen LogP contribution in [0.25, 0.3) is 11.4 Å². The molecular formula is C18H16F3N3O2. The minimum atomic E-state index is -4.45. The van der Waals surface area contributed by atoms with Gasteiger partial charge in [0.15, 0.2) is 5.82 Å². The number of fused-ring (bicyclic) bond motifs is 1. The molecule has 2 aromatic rings. The number of ether oxygens (including phenoxy) is 1. The molecule has 136 valence electrons. The number of hydrogen-bond donors (Lipinski definition) is 0. The van der Waals surface area contributed by atoms with Gasteiger partial charge in [0.05, 0.1) is 12.1 Å². The molecule has 26 heavy (non-hydrogen) atoms. The Morgan fingerprint density at radius 1 is 1.27 bits per heavy atom. The molecule has 0 saturated heterocycles. The van der Waals surface area contributed by atoms with E-state index in [2.05, 4.69) is 9.97 Å². The van der Waals surface area contributed by atoms with Gasteiger partial charge in [-0.1, -0.05) is 12.1 Å². The number of hydrogen-bond acceptors (Lipinski definition) is 4. The summed E-state index contributed by atoms with van der Waals surface area (Å²) in [4.78, 5) is 22.7. The first kappa shape index (κ1) is 16.8. The maximum Gasteiger partial charge on any atom is 0.416 e. The predicted molar refractivity (Wildman–Crippen MR) is 86.6 cm³/mol. The van der Waals surface area contributed by atoms with Gasteiger partial charge in [-0.3, -0.25) is 4.79 Å². The number of aromatic nitrogens is 2. The second-order valence-corrected chi connectivity index (χ2v) is 6.53. The van der Waals surface area contributed by atoms with E-state index in [-0.39, 0.29) is 28.7 Å². The van der Waals surface area contributed by atoms with Crippen LogP contribution in [0, 0.1) is 5.92 Å². The molecule has 2 heterocycles. The Balaban J connectivity index is 1.65. The minimum Gasteiger partial charge on any atom is -0.475 e. The highest BCUT2D eigenvalue weighted by molar-refractivity contribution is 5.96. The third-order valence-corrected chi connectivity index (χ3v) is 4.50. The highest BCUT2D eigenvalue weighted by Gasteiger charge is 2.32.